The SMILES string of the molecule is COc1ccc(/C=C/C(=O)NC(C)C(=O)N(C)Cc2ccc(C(F)(F)F)cc2)cc1. The van der Waals surface area contributed by atoms with Crippen LogP contribution in [0.4, 0.5) is 13.2 Å². The van der Waals surface area contributed by atoms with Crippen molar-refractivity contribution in [1.29, 1.82) is 0 Å². The molecule has 0 bridgehead atoms. The molecule has 0 aliphatic carbocycles. The molecule has 0 fully saturated rings. The molecule has 8 heteroatoms. The predicted octanol–water partition coefficient (Wildman–Crippen LogP) is 3.89. The third kappa shape index (κ3) is 6.65. The van der Waals surface area contributed by atoms with E-state index in [2.05, 4.69) is 5.32 Å². The molecule has 2 amide bonds. The summed E-state index contributed by atoms with van der Waals surface area (Å²) in [5, 5.41) is 2.58. The maximum absolute atomic E-state index is 12.6. The summed E-state index contributed by atoms with van der Waals surface area (Å²) in [4.78, 5) is 25.9. The molecule has 0 heterocycles. The van der Waals surface area contributed by atoms with Gasteiger partial charge in [0, 0.05) is 19.7 Å². The summed E-state index contributed by atoms with van der Waals surface area (Å²) in [7, 11) is 3.08. The molecule has 0 aliphatic rings. The van der Waals surface area contributed by atoms with E-state index in [0.717, 1.165) is 17.7 Å². The van der Waals surface area contributed by atoms with Crippen LogP contribution in [0.25, 0.3) is 6.08 Å². The smallest absolute Gasteiger partial charge is 0.416 e. The van der Waals surface area contributed by atoms with Gasteiger partial charge >= 0.3 is 6.18 Å². The second kappa shape index (κ2) is 9.96. The number of carbonyl (C=O) groups excluding carboxylic acids is 2. The number of nitrogens with one attached hydrogen (secondary N) is 1. The van der Waals surface area contributed by atoms with Gasteiger partial charge in [-0.05, 0) is 48.4 Å². The molecule has 2 aromatic rings. The highest BCUT2D eigenvalue weighted by atomic mass is 19.4. The fourth-order valence-corrected chi connectivity index (χ4v) is 2.69. The van der Waals surface area contributed by atoms with Crippen molar-refractivity contribution in [1.82, 2.24) is 10.2 Å². The lowest BCUT2D eigenvalue weighted by molar-refractivity contribution is -0.137. The maximum atomic E-state index is 12.6. The number of benzene rings is 2. The average molecular weight is 420 g/mol. The quantitative estimate of drug-likeness (QED) is 0.692. The molecular formula is C22H23F3N2O3. The summed E-state index contributed by atoms with van der Waals surface area (Å²) in [6.45, 7) is 1.67. The first-order valence-electron chi connectivity index (χ1n) is 9.14. The normalized spacial score (nSPS) is 12.5. The van der Waals surface area contributed by atoms with E-state index >= 15 is 0 Å². The van der Waals surface area contributed by atoms with Crippen LogP contribution in [0.1, 0.15) is 23.6 Å². The summed E-state index contributed by atoms with van der Waals surface area (Å²) >= 11 is 0. The number of halogens is 3. The van der Waals surface area contributed by atoms with E-state index < -0.39 is 23.7 Å². The van der Waals surface area contributed by atoms with Crippen LogP contribution in [-0.4, -0.2) is 36.9 Å². The van der Waals surface area contributed by atoms with Crippen molar-refractivity contribution < 1.29 is 27.5 Å². The zero-order valence-corrected chi connectivity index (χ0v) is 16.9. The number of amides is 2. The highest BCUT2D eigenvalue weighted by Gasteiger charge is 2.30. The lowest BCUT2D eigenvalue weighted by atomic mass is 10.1. The van der Waals surface area contributed by atoms with Crippen LogP contribution in [0, 0.1) is 0 Å². The van der Waals surface area contributed by atoms with Crippen LogP contribution in [-0.2, 0) is 22.3 Å². The van der Waals surface area contributed by atoms with Crippen LogP contribution in [0.3, 0.4) is 0 Å². The molecular weight excluding hydrogens is 397 g/mol. The Kier molecular flexibility index (Phi) is 7.63. The number of nitrogens with zero attached hydrogens (tertiary/aromatic N) is 1. The Morgan fingerprint density at radius 2 is 1.70 bits per heavy atom. The minimum Gasteiger partial charge on any atom is -0.497 e. The number of rotatable bonds is 7. The van der Waals surface area contributed by atoms with Crippen molar-refractivity contribution in [2.45, 2.75) is 25.7 Å². The van der Waals surface area contributed by atoms with Crippen LogP contribution < -0.4 is 10.1 Å². The zero-order valence-electron chi connectivity index (χ0n) is 16.9. The Balaban J connectivity index is 1.89. The largest absolute Gasteiger partial charge is 0.497 e. The molecule has 0 aromatic heterocycles. The Morgan fingerprint density at radius 3 is 2.23 bits per heavy atom. The minimum absolute atomic E-state index is 0.124. The Labute approximate surface area is 173 Å². The summed E-state index contributed by atoms with van der Waals surface area (Å²) in [6.07, 6.45) is -1.47. The molecule has 160 valence electrons. The molecule has 0 spiro atoms. The topological polar surface area (TPSA) is 58.6 Å². The molecule has 0 saturated heterocycles. The Morgan fingerprint density at radius 1 is 1.10 bits per heavy atom. The standard InChI is InChI=1S/C22H23F3N2O3/c1-15(26-20(28)13-8-16-6-11-19(30-3)12-7-16)21(29)27(2)14-17-4-9-18(10-5-17)22(23,24)25/h4-13,15H,14H2,1-3H3,(H,26,28)/b13-8+. The minimum atomic E-state index is -4.40. The highest BCUT2D eigenvalue weighted by Crippen LogP contribution is 2.29. The van der Waals surface area contributed by atoms with E-state index in [1.54, 1.807) is 44.4 Å². The number of alkyl halides is 3. The van der Waals surface area contributed by atoms with E-state index in [1.807, 2.05) is 0 Å². The van der Waals surface area contributed by atoms with Gasteiger partial charge in [0.1, 0.15) is 11.8 Å². The molecule has 1 atom stereocenters. The van der Waals surface area contributed by atoms with Gasteiger partial charge in [-0.2, -0.15) is 13.2 Å². The molecule has 0 radical (unpaired) electrons. The zero-order chi connectivity index (χ0) is 22.3. The van der Waals surface area contributed by atoms with Crippen molar-refractivity contribution >= 4 is 17.9 Å². The molecule has 30 heavy (non-hydrogen) atoms. The Bertz CT molecular complexity index is 891. The number of hydrogen-bond donors (Lipinski definition) is 1. The summed E-state index contributed by atoms with van der Waals surface area (Å²) in [5.74, 6) is -0.0948. The van der Waals surface area contributed by atoms with Gasteiger partial charge in [0.05, 0.1) is 12.7 Å². The van der Waals surface area contributed by atoms with E-state index in [9.17, 15) is 22.8 Å². The third-order valence-electron chi connectivity index (χ3n) is 4.35. The molecule has 0 aliphatic heterocycles. The van der Waals surface area contributed by atoms with E-state index in [4.69, 9.17) is 4.74 Å². The predicted molar refractivity (Wildman–Crippen MR) is 108 cm³/mol. The van der Waals surface area contributed by atoms with Gasteiger partial charge in [-0.1, -0.05) is 24.3 Å². The number of methoxy groups -OCH3 is 1. The molecule has 2 aromatic carbocycles. The van der Waals surface area contributed by atoms with E-state index in [-0.39, 0.29) is 12.5 Å². The van der Waals surface area contributed by atoms with E-state index in [0.29, 0.717) is 11.3 Å². The summed E-state index contributed by atoms with van der Waals surface area (Å²) in [5.41, 5.74) is 0.602. The summed E-state index contributed by atoms with van der Waals surface area (Å²) in [6, 6.07) is 10.9. The molecule has 1 N–H and O–H groups in total. The lowest BCUT2D eigenvalue weighted by Gasteiger charge is -2.22. The van der Waals surface area contributed by atoms with Gasteiger partial charge in [0.2, 0.25) is 11.8 Å². The van der Waals surface area contributed by atoms with Gasteiger partial charge in [0.15, 0.2) is 0 Å². The number of ether oxygens (including phenoxy) is 1. The van der Waals surface area contributed by atoms with Gasteiger partial charge in [-0.25, -0.2) is 0 Å². The third-order valence-corrected chi connectivity index (χ3v) is 4.35. The van der Waals surface area contributed by atoms with Gasteiger partial charge in [0.25, 0.3) is 0 Å². The first-order chi connectivity index (χ1) is 14.1. The maximum Gasteiger partial charge on any atom is 0.416 e. The van der Waals surface area contributed by atoms with Crippen molar-refractivity contribution in [3.8, 4) is 5.75 Å². The number of hydrogen-bond acceptors (Lipinski definition) is 3. The van der Waals surface area contributed by atoms with Gasteiger partial charge in [-0.3, -0.25) is 9.59 Å². The van der Waals surface area contributed by atoms with Crippen LogP contribution in [0.2, 0.25) is 0 Å². The second-order valence-electron chi connectivity index (χ2n) is 6.73. The molecule has 2 rings (SSSR count). The van der Waals surface area contributed by atoms with Gasteiger partial charge < -0.3 is 15.0 Å². The van der Waals surface area contributed by atoms with Gasteiger partial charge in [-0.15, -0.1) is 0 Å². The molecule has 5 nitrogen and oxygen atoms in total. The number of carbonyl (C=O) groups is 2. The first kappa shape index (κ1) is 23.0. The Hall–Kier alpha value is -3.29. The average Bonchev–Trinajstić information content (AvgIpc) is 2.71. The van der Waals surface area contributed by atoms with Crippen molar-refractivity contribution in [2.24, 2.45) is 0 Å². The first-order valence-corrected chi connectivity index (χ1v) is 9.14. The fourth-order valence-electron chi connectivity index (χ4n) is 2.69. The fraction of sp³-hybridized carbons (Fsp3) is 0.273. The highest BCUT2D eigenvalue weighted by molar-refractivity contribution is 5.95. The molecule has 0 saturated carbocycles. The second-order valence-corrected chi connectivity index (χ2v) is 6.73. The number of likely N-dealkylation sites (N-methyl/N-ethyl adjacent to an activating group) is 1. The lowest BCUT2D eigenvalue weighted by Crippen LogP contribution is -2.44. The summed E-state index contributed by atoms with van der Waals surface area (Å²) < 4.78 is 42.9. The monoisotopic (exact) mass is 420 g/mol. The van der Waals surface area contributed by atoms with Crippen LogP contribution in [0.15, 0.2) is 54.6 Å². The van der Waals surface area contributed by atoms with Crippen molar-refractivity contribution in [2.75, 3.05) is 14.2 Å². The van der Waals surface area contributed by atoms with Crippen molar-refractivity contribution in [3.05, 3.63) is 71.3 Å². The van der Waals surface area contributed by atoms with Crippen molar-refractivity contribution in [3.63, 3.8) is 0 Å². The van der Waals surface area contributed by atoms with Crippen LogP contribution in [0.5, 0.6) is 5.75 Å². The van der Waals surface area contributed by atoms with E-state index in [1.165, 1.54) is 30.2 Å². The van der Waals surface area contributed by atoms with Crippen LogP contribution >= 0.6 is 0 Å². The molecule has 1 unspecified atom stereocenters.